The van der Waals surface area contributed by atoms with E-state index in [1.165, 1.54) is 11.1 Å². The van der Waals surface area contributed by atoms with Crippen LogP contribution in [0.4, 0.5) is 0 Å². The first kappa shape index (κ1) is 29.3. The van der Waals surface area contributed by atoms with Gasteiger partial charge in [-0.15, -0.1) is 0 Å². The van der Waals surface area contributed by atoms with Crippen molar-refractivity contribution in [2.24, 2.45) is 11.8 Å². The molecule has 1 aliphatic rings. The van der Waals surface area contributed by atoms with Crippen LogP contribution in [0.25, 0.3) is 0 Å². The van der Waals surface area contributed by atoms with Gasteiger partial charge in [0.05, 0.1) is 0 Å². The smallest absolute Gasteiger partial charge is 0.0106 e. The zero-order valence-corrected chi connectivity index (χ0v) is 20.2. The van der Waals surface area contributed by atoms with Gasteiger partial charge in [-0.05, 0) is 67.5 Å². The second-order valence-corrected chi connectivity index (χ2v) is 7.30. The van der Waals surface area contributed by atoms with Gasteiger partial charge in [0.1, 0.15) is 0 Å². The second kappa shape index (κ2) is 19.4. The Labute approximate surface area is 186 Å². The lowest BCUT2D eigenvalue weighted by atomic mass is 9.96. The summed E-state index contributed by atoms with van der Waals surface area (Å²) in [5, 5.41) is 5.70. The normalized spacial score (nSPS) is 13.9. The highest BCUT2D eigenvalue weighted by atomic mass is 15.1. The molecule has 3 nitrogen and oxygen atoms in total. The standard InChI is InChI=1S/C10H15N.C10H17N.C7H11N/c1-8(2)10-7-11(4)6-5-9(10)3;1-5-11-8-6-7-10(4)9(2)3;1-3-5-6-7-8-4-2/h5-8H,3H2,1-2,4H3;5-9,11H,1H2,2-4H3;3-8H,2H2,1H3/b;8-6-,10-7+;5-3-,7-6-. The third kappa shape index (κ3) is 17.2. The molecule has 3 heteroatoms. The monoisotopic (exact) mass is 409 g/mol. The quantitative estimate of drug-likeness (QED) is 0.415. The molecule has 0 saturated carbocycles. The van der Waals surface area contributed by atoms with E-state index in [2.05, 4.69) is 88.2 Å². The van der Waals surface area contributed by atoms with Gasteiger partial charge in [0, 0.05) is 31.8 Å². The van der Waals surface area contributed by atoms with Crippen LogP contribution in [0.5, 0.6) is 0 Å². The second-order valence-electron chi connectivity index (χ2n) is 7.30. The zero-order chi connectivity index (χ0) is 23.4. The molecule has 0 unspecified atom stereocenters. The summed E-state index contributed by atoms with van der Waals surface area (Å²) in [4.78, 5) is 2.06. The Hall–Kier alpha value is -2.94. The molecule has 0 aliphatic carbocycles. The van der Waals surface area contributed by atoms with Crippen LogP contribution < -0.4 is 10.6 Å². The van der Waals surface area contributed by atoms with Crippen molar-refractivity contribution in [2.45, 2.75) is 41.5 Å². The summed E-state index contributed by atoms with van der Waals surface area (Å²) >= 11 is 0. The largest absolute Gasteiger partial charge is 0.368 e. The lowest BCUT2D eigenvalue weighted by molar-refractivity contribution is 0.594. The van der Waals surface area contributed by atoms with Crippen LogP contribution in [-0.2, 0) is 0 Å². The van der Waals surface area contributed by atoms with E-state index in [1.54, 1.807) is 12.4 Å². The molecule has 1 heterocycles. The highest BCUT2D eigenvalue weighted by Crippen LogP contribution is 2.22. The molecule has 0 spiro atoms. The highest BCUT2D eigenvalue weighted by Gasteiger charge is 2.08. The van der Waals surface area contributed by atoms with Gasteiger partial charge in [-0.2, -0.15) is 0 Å². The maximum absolute atomic E-state index is 3.97. The van der Waals surface area contributed by atoms with Crippen LogP contribution in [-0.4, -0.2) is 11.9 Å². The highest BCUT2D eigenvalue weighted by molar-refractivity contribution is 5.40. The number of hydrogen-bond acceptors (Lipinski definition) is 3. The minimum Gasteiger partial charge on any atom is -0.368 e. The summed E-state index contributed by atoms with van der Waals surface area (Å²) in [5.41, 5.74) is 3.85. The minimum absolute atomic E-state index is 0.565. The Balaban J connectivity index is 0. The lowest BCUT2D eigenvalue weighted by Gasteiger charge is -2.20. The van der Waals surface area contributed by atoms with Gasteiger partial charge in [-0.1, -0.05) is 71.2 Å². The molecule has 2 N–H and O–H groups in total. The van der Waals surface area contributed by atoms with Gasteiger partial charge in [0.2, 0.25) is 0 Å². The van der Waals surface area contributed by atoms with E-state index < -0.39 is 0 Å². The predicted octanol–water partition coefficient (Wildman–Crippen LogP) is 7.19. The molecule has 30 heavy (non-hydrogen) atoms. The molecule has 166 valence electrons. The Bertz CT molecular complexity index is 668. The van der Waals surface area contributed by atoms with Crippen molar-refractivity contribution in [2.75, 3.05) is 7.05 Å². The molecule has 0 radical (unpaired) electrons. The number of nitrogens with zero attached hydrogens (tertiary/aromatic N) is 1. The van der Waals surface area contributed by atoms with Gasteiger partial charge in [-0.3, -0.25) is 0 Å². The first-order chi connectivity index (χ1) is 14.2. The van der Waals surface area contributed by atoms with Crippen molar-refractivity contribution in [1.29, 1.82) is 0 Å². The van der Waals surface area contributed by atoms with Gasteiger partial charge in [0.15, 0.2) is 0 Å². The van der Waals surface area contributed by atoms with Crippen LogP contribution in [0.15, 0.2) is 110 Å². The van der Waals surface area contributed by atoms with E-state index in [0.717, 1.165) is 5.57 Å². The predicted molar refractivity (Wildman–Crippen MR) is 137 cm³/mol. The van der Waals surface area contributed by atoms with Crippen LogP contribution >= 0.6 is 0 Å². The maximum Gasteiger partial charge on any atom is 0.0106 e. The van der Waals surface area contributed by atoms with Crippen molar-refractivity contribution >= 4 is 0 Å². The summed E-state index contributed by atoms with van der Waals surface area (Å²) in [5.74, 6) is 1.19. The average molecular weight is 410 g/mol. The fourth-order valence-corrected chi connectivity index (χ4v) is 1.98. The van der Waals surface area contributed by atoms with E-state index in [9.17, 15) is 0 Å². The minimum atomic E-state index is 0.565. The molecular formula is C27H43N3. The summed E-state index contributed by atoms with van der Waals surface area (Å²) in [6, 6.07) is 0. The molecule has 0 aromatic heterocycles. The maximum atomic E-state index is 3.97. The number of hydrogen-bond donors (Lipinski definition) is 2. The topological polar surface area (TPSA) is 27.3 Å². The molecular weight excluding hydrogens is 366 g/mol. The third-order valence-electron chi connectivity index (χ3n) is 4.04. The first-order valence-corrected chi connectivity index (χ1v) is 10.4. The lowest BCUT2D eigenvalue weighted by Crippen LogP contribution is -2.10. The molecule has 0 fully saturated rings. The number of nitrogens with one attached hydrogen (secondary N) is 2. The van der Waals surface area contributed by atoms with Crippen LogP contribution in [0.2, 0.25) is 0 Å². The average Bonchev–Trinajstić information content (AvgIpc) is 2.71. The fourth-order valence-electron chi connectivity index (χ4n) is 1.98. The molecule has 0 bridgehead atoms. The Morgan fingerprint density at radius 2 is 1.57 bits per heavy atom. The molecule has 0 saturated heterocycles. The van der Waals surface area contributed by atoms with Gasteiger partial charge in [0.25, 0.3) is 0 Å². The van der Waals surface area contributed by atoms with E-state index in [1.807, 2.05) is 56.9 Å². The zero-order valence-electron chi connectivity index (χ0n) is 20.2. The van der Waals surface area contributed by atoms with Crippen molar-refractivity contribution in [3.8, 4) is 0 Å². The van der Waals surface area contributed by atoms with E-state index in [4.69, 9.17) is 0 Å². The van der Waals surface area contributed by atoms with Gasteiger partial charge < -0.3 is 15.5 Å². The van der Waals surface area contributed by atoms with Gasteiger partial charge in [-0.25, -0.2) is 0 Å². The molecule has 0 atom stereocenters. The van der Waals surface area contributed by atoms with E-state index >= 15 is 0 Å². The van der Waals surface area contributed by atoms with Crippen molar-refractivity contribution in [1.82, 2.24) is 15.5 Å². The molecule has 0 amide bonds. The Kier molecular flexibility index (Phi) is 18.9. The van der Waals surface area contributed by atoms with Crippen molar-refractivity contribution in [3.05, 3.63) is 110 Å². The van der Waals surface area contributed by atoms with Crippen LogP contribution in [0.3, 0.4) is 0 Å². The SMILES string of the molecule is C=C1C=CN(C)C=C1C(C)C.C=CN/C=C\C=C(/C)C(C)C.C=CN/C=C\C=C/C. The number of rotatable bonds is 8. The molecule has 0 aromatic carbocycles. The third-order valence-corrected chi connectivity index (χ3v) is 4.04. The molecule has 1 aliphatic heterocycles. The summed E-state index contributed by atoms with van der Waals surface area (Å²) in [6.07, 6.45) is 23.0. The molecule has 1 rings (SSSR count). The van der Waals surface area contributed by atoms with Gasteiger partial charge >= 0.3 is 0 Å². The van der Waals surface area contributed by atoms with Crippen molar-refractivity contribution < 1.29 is 0 Å². The van der Waals surface area contributed by atoms with Crippen LogP contribution in [0, 0.1) is 11.8 Å². The van der Waals surface area contributed by atoms with E-state index in [-0.39, 0.29) is 0 Å². The first-order valence-electron chi connectivity index (χ1n) is 10.4. The van der Waals surface area contributed by atoms with E-state index in [0.29, 0.717) is 11.8 Å². The molecule has 0 aromatic rings. The van der Waals surface area contributed by atoms with Crippen molar-refractivity contribution in [3.63, 3.8) is 0 Å². The fraction of sp³-hybridized carbons (Fsp3) is 0.333. The summed E-state index contributed by atoms with van der Waals surface area (Å²) in [6.45, 7) is 23.8. The summed E-state index contributed by atoms with van der Waals surface area (Å²) < 4.78 is 0. The Morgan fingerprint density at radius 3 is 2.00 bits per heavy atom. The van der Waals surface area contributed by atoms with Crippen LogP contribution in [0.1, 0.15) is 41.5 Å². The number of allylic oxidation sites excluding steroid dienone is 9. The summed E-state index contributed by atoms with van der Waals surface area (Å²) in [7, 11) is 2.03. The Morgan fingerprint density at radius 1 is 1.00 bits per heavy atom.